The summed E-state index contributed by atoms with van der Waals surface area (Å²) in [6.07, 6.45) is 0. The van der Waals surface area contributed by atoms with Crippen LogP contribution in [0.1, 0.15) is 11.1 Å². The lowest BCUT2D eigenvalue weighted by atomic mass is 10.1. The molecule has 0 bridgehead atoms. The van der Waals surface area contributed by atoms with E-state index in [-0.39, 0.29) is 5.63 Å². The molecule has 0 aliphatic carbocycles. The monoisotopic (exact) mass is 309 g/mol. The second kappa shape index (κ2) is 7.11. The molecule has 118 valence electrons. The first-order valence-electron chi connectivity index (χ1n) is 7.64. The van der Waals surface area contributed by atoms with Crippen molar-refractivity contribution in [2.24, 2.45) is 0 Å². The zero-order chi connectivity index (χ0) is 16.1. The number of aryl methyl sites for hydroxylation is 1. The van der Waals surface area contributed by atoms with Crippen LogP contribution >= 0.6 is 0 Å². The van der Waals surface area contributed by atoms with Crippen LogP contribution in [0.2, 0.25) is 0 Å². The predicted octanol–water partition coefficient (Wildman–Crippen LogP) is 3.27. The summed E-state index contributed by atoms with van der Waals surface area (Å²) in [6.45, 7) is 4.10. The number of hydrogen-bond donors (Lipinski definition) is 1. The Labute approximate surface area is 134 Å². The Kier molecular flexibility index (Phi) is 4.74. The molecule has 0 atom stereocenters. The smallest absolute Gasteiger partial charge is 0.336 e. The quantitative estimate of drug-likeness (QED) is 0.561. The van der Waals surface area contributed by atoms with Crippen LogP contribution in [0.15, 0.2) is 63.8 Å². The Morgan fingerprint density at radius 1 is 1.04 bits per heavy atom. The molecule has 1 heterocycles. The van der Waals surface area contributed by atoms with Gasteiger partial charge in [0.25, 0.3) is 0 Å². The van der Waals surface area contributed by atoms with Crippen molar-refractivity contribution in [3.63, 3.8) is 0 Å². The highest BCUT2D eigenvalue weighted by Gasteiger charge is 2.00. The molecule has 0 spiro atoms. The van der Waals surface area contributed by atoms with Crippen LogP contribution in [0, 0.1) is 6.92 Å². The largest absolute Gasteiger partial charge is 0.492 e. The molecular weight excluding hydrogens is 290 g/mol. The third-order valence-electron chi connectivity index (χ3n) is 3.59. The fourth-order valence-electron chi connectivity index (χ4n) is 2.32. The minimum Gasteiger partial charge on any atom is -0.492 e. The number of fused-ring (bicyclic) bond motifs is 1. The summed E-state index contributed by atoms with van der Waals surface area (Å²) in [6, 6.07) is 17.1. The van der Waals surface area contributed by atoms with E-state index in [9.17, 15) is 4.79 Å². The molecule has 4 nitrogen and oxygen atoms in total. The number of nitrogens with one attached hydrogen (secondary N) is 1. The molecule has 0 unspecified atom stereocenters. The van der Waals surface area contributed by atoms with E-state index in [1.165, 1.54) is 11.6 Å². The average Bonchev–Trinajstić information content (AvgIpc) is 2.56. The fraction of sp³-hybridized carbons (Fsp3) is 0.211. The highest BCUT2D eigenvalue weighted by atomic mass is 16.5. The minimum absolute atomic E-state index is 0.325. The van der Waals surface area contributed by atoms with Gasteiger partial charge in [-0.05, 0) is 36.8 Å². The number of benzene rings is 2. The zero-order valence-electron chi connectivity index (χ0n) is 13.0. The lowest BCUT2D eigenvalue weighted by Gasteiger charge is -2.08. The van der Waals surface area contributed by atoms with Crippen molar-refractivity contribution in [3.8, 4) is 5.75 Å². The maximum atomic E-state index is 11.3. The van der Waals surface area contributed by atoms with Crippen LogP contribution in [-0.2, 0) is 6.54 Å². The van der Waals surface area contributed by atoms with Crippen molar-refractivity contribution in [3.05, 3.63) is 76.1 Å². The van der Waals surface area contributed by atoms with Crippen LogP contribution in [0.3, 0.4) is 0 Å². The van der Waals surface area contributed by atoms with Crippen LogP contribution in [0.5, 0.6) is 5.75 Å². The van der Waals surface area contributed by atoms with Gasteiger partial charge in [-0.1, -0.05) is 29.8 Å². The van der Waals surface area contributed by atoms with E-state index in [1.807, 2.05) is 42.5 Å². The molecule has 0 aliphatic heterocycles. The van der Waals surface area contributed by atoms with Gasteiger partial charge in [0.1, 0.15) is 17.9 Å². The van der Waals surface area contributed by atoms with Crippen molar-refractivity contribution in [1.29, 1.82) is 0 Å². The van der Waals surface area contributed by atoms with Crippen molar-refractivity contribution in [2.45, 2.75) is 13.5 Å². The molecule has 0 fully saturated rings. The standard InChI is InChI=1S/C19H19NO3/c1-14-2-7-17(8-3-14)22-11-10-20-13-15-4-5-16-6-9-19(21)23-18(16)12-15/h2-9,12,20H,10-11,13H2,1H3. The topological polar surface area (TPSA) is 51.5 Å². The molecule has 1 N–H and O–H groups in total. The Morgan fingerprint density at radius 3 is 2.65 bits per heavy atom. The van der Waals surface area contributed by atoms with Gasteiger partial charge in [0.15, 0.2) is 0 Å². The maximum absolute atomic E-state index is 11.3. The molecule has 2 aromatic carbocycles. The molecule has 0 radical (unpaired) electrons. The average molecular weight is 309 g/mol. The summed E-state index contributed by atoms with van der Waals surface area (Å²) >= 11 is 0. The van der Waals surface area contributed by atoms with E-state index >= 15 is 0 Å². The summed E-state index contributed by atoms with van der Waals surface area (Å²) in [7, 11) is 0. The minimum atomic E-state index is -0.325. The molecule has 1 aromatic heterocycles. The highest BCUT2D eigenvalue weighted by Crippen LogP contribution is 2.14. The Morgan fingerprint density at radius 2 is 1.83 bits per heavy atom. The van der Waals surface area contributed by atoms with Gasteiger partial charge in [-0.25, -0.2) is 4.79 Å². The first-order chi connectivity index (χ1) is 11.2. The van der Waals surface area contributed by atoms with Crippen LogP contribution in [-0.4, -0.2) is 13.2 Å². The lowest BCUT2D eigenvalue weighted by Crippen LogP contribution is -2.20. The van der Waals surface area contributed by atoms with E-state index in [0.717, 1.165) is 23.2 Å². The van der Waals surface area contributed by atoms with Gasteiger partial charge in [0.2, 0.25) is 0 Å². The SMILES string of the molecule is Cc1ccc(OCCNCc2ccc3ccc(=O)oc3c2)cc1. The summed E-state index contributed by atoms with van der Waals surface area (Å²) in [5.41, 5.74) is 2.59. The van der Waals surface area contributed by atoms with Gasteiger partial charge >= 0.3 is 5.63 Å². The second-order valence-corrected chi connectivity index (χ2v) is 5.46. The van der Waals surface area contributed by atoms with Crippen LogP contribution in [0.25, 0.3) is 11.0 Å². The molecule has 4 heteroatoms. The summed E-state index contributed by atoms with van der Waals surface area (Å²) < 4.78 is 10.9. The van der Waals surface area contributed by atoms with E-state index in [0.29, 0.717) is 18.7 Å². The fourth-order valence-corrected chi connectivity index (χ4v) is 2.32. The van der Waals surface area contributed by atoms with Gasteiger partial charge < -0.3 is 14.5 Å². The molecule has 0 saturated carbocycles. The van der Waals surface area contributed by atoms with Gasteiger partial charge in [-0.2, -0.15) is 0 Å². The Balaban J connectivity index is 1.48. The molecule has 3 rings (SSSR count). The third-order valence-corrected chi connectivity index (χ3v) is 3.59. The number of ether oxygens (including phenoxy) is 1. The van der Waals surface area contributed by atoms with Gasteiger partial charge in [0, 0.05) is 24.5 Å². The van der Waals surface area contributed by atoms with E-state index < -0.39 is 0 Å². The summed E-state index contributed by atoms with van der Waals surface area (Å²) in [5, 5.41) is 4.24. The molecule has 0 aliphatic rings. The normalized spacial score (nSPS) is 10.8. The van der Waals surface area contributed by atoms with Gasteiger partial charge in [-0.3, -0.25) is 0 Å². The van der Waals surface area contributed by atoms with Crippen LogP contribution < -0.4 is 15.7 Å². The first-order valence-corrected chi connectivity index (χ1v) is 7.64. The molecule has 3 aromatic rings. The number of rotatable bonds is 6. The molecule has 23 heavy (non-hydrogen) atoms. The van der Waals surface area contributed by atoms with E-state index in [2.05, 4.69) is 12.2 Å². The second-order valence-electron chi connectivity index (χ2n) is 5.46. The summed E-state index contributed by atoms with van der Waals surface area (Å²) in [4.78, 5) is 11.3. The number of hydrogen-bond acceptors (Lipinski definition) is 4. The van der Waals surface area contributed by atoms with Crippen molar-refractivity contribution in [2.75, 3.05) is 13.2 Å². The Bertz CT molecular complexity index is 837. The van der Waals surface area contributed by atoms with E-state index in [4.69, 9.17) is 9.15 Å². The zero-order valence-corrected chi connectivity index (χ0v) is 13.0. The maximum Gasteiger partial charge on any atom is 0.336 e. The predicted molar refractivity (Wildman–Crippen MR) is 90.9 cm³/mol. The molecule has 0 saturated heterocycles. The third kappa shape index (κ3) is 4.20. The Hall–Kier alpha value is -2.59. The molecular formula is C19H19NO3. The summed E-state index contributed by atoms with van der Waals surface area (Å²) in [5.74, 6) is 0.880. The van der Waals surface area contributed by atoms with Gasteiger partial charge in [-0.15, -0.1) is 0 Å². The molecule has 0 amide bonds. The van der Waals surface area contributed by atoms with Crippen LogP contribution in [0.4, 0.5) is 0 Å². The van der Waals surface area contributed by atoms with E-state index in [1.54, 1.807) is 6.07 Å². The van der Waals surface area contributed by atoms with Gasteiger partial charge in [0.05, 0.1) is 0 Å². The van der Waals surface area contributed by atoms with Crippen molar-refractivity contribution >= 4 is 11.0 Å². The lowest BCUT2D eigenvalue weighted by molar-refractivity contribution is 0.313. The van der Waals surface area contributed by atoms with Crippen molar-refractivity contribution < 1.29 is 9.15 Å². The van der Waals surface area contributed by atoms with Crippen molar-refractivity contribution in [1.82, 2.24) is 5.32 Å². The highest BCUT2D eigenvalue weighted by molar-refractivity contribution is 5.76. The first kappa shape index (κ1) is 15.3.